The molecular weight excluding hydrogens is 294 g/mol. The number of carboxylic acids is 2. The van der Waals surface area contributed by atoms with Gasteiger partial charge in [-0.15, -0.1) is 0 Å². The lowest BCUT2D eigenvalue weighted by Gasteiger charge is -2.38. The number of nitrogens with zero attached hydrogens (tertiary/aromatic N) is 1. The summed E-state index contributed by atoms with van der Waals surface area (Å²) < 4.78 is 0. The molecule has 124 valence electrons. The van der Waals surface area contributed by atoms with E-state index in [0.29, 0.717) is 12.0 Å². The molecule has 1 aromatic carbocycles. The summed E-state index contributed by atoms with van der Waals surface area (Å²) in [6.45, 7) is 3.36. The van der Waals surface area contributed by atoms with E-state index in [0.717, 1.165) is 37.4 Å². The van der Waals surface area contributed by atoms with E-state index in [4.69, 9.17) is 10.2 Å². The molecule has 2 atom stereocenters. The van der Waals surface area contributed by atoms with Crippen molar-refractivity contribution in [3.63, 3.8) is 0 Å². The largest absolute Gasteiger partial charge is 0.478 e. The summed E-state index contributed by atoms with van der Waals surface area (Å²) in [5.41, 5.74) is 0.936. The zero-order valence-corrected chi connectivity index (χ0v) is 13.4. The Kier molecular flexibility index (Phi) is 4.39. The summed E-state index contributed by atoms with van der Waals surface area (Å²) in [7, 11) is 0. The molecular formula is C18H23NO4. The molecule has 23 heavy (non-hydrogen) atoms. The molecule has 0 bridgehead atoms. The van der Waals surface area contributed by atoms with Crippen molar-refractivity contribution in [3.05, 3.63) is 34.9 Å². The van der Waals surface area contributed by atoms with Crippen LogP contribution in [0.25, 0.3) is 0 Å². The van der Waals surface area contributed by atoms with Crippen LogP contribution in [0, 0.1) is 5.92 Å². The molecule has 2 unspecified atom stereocenters. The first-order valence-electron chi connectivity index (χ1n) is 8.30. The second kappa shape index (κ2) is 6.32. The zero-order chi connectivity index (χ0) is 16.6. The summed E-state index contributed by atoms with van der Waals surface area (Å²) in [5.74, 6) is -1.66. The van der Waals surface area contributed by atoms with Crippen molar-refractivity contribution in [2.24, 2.45) is 5.92 Å². The van der Waals surface area contributed by atoms with Crippen molar-refractivity contribution >= 4 is 11.9 Å². The smallest absolute Gasteiger partial charge is 0.335 e. The topological polar surface area (TPSA) is 77.8 Å². The van der Waals surface area contributed by atoms with Gasteiger partial charge in [0.05, 0.1) is 11.1 Å². The first-order valence-corrected chi connectivity index (χ1v) is 8.30. The average Bonchev–Trinajstić information content (AvgIpc) is 3.31. The minimum Gasteiger partial charge on any atom is -0.478 e. The quantitative estimate of drug-likeness (QED) is 0.873. The van der Waals surface area contributed by atoms with Crippen LogP contribution in [0.5, 0.6) is 0 Å². The second-order valence-electron chi connectivity index (χ2n) is 6.94. The third kappa shape index (κ3) is 3.72. The third-order valence-corrected chi connectivity index (χ3v) is 5.06. The predicted molar refractivity (Wildman–Crippen MR) is 86.0 cm³/mol. The Hall–Kier alpha value is -1.88. The van der Waals surface area contributed by atoms with Gasteiger partial charge in [-0.3, -0.25) is 4.90 Å². The molecule has 0 radical (unpaired) electrons. The average molecular weight is 317 g/mol. The number of rotatable bonds is 5. The Bertz CT molecular complexity index is 591. The second-order valence-corrected chi connectivity index (χ2v) is 6.94. The molecule has 2 N–H and O–H groups in total. The van der Waals surface area contributed by atoms with E-state index in [1.54, 1.807) is 12.1 Å². The van der Waals surface area contributed by atoms with Gasteiger partial charge in [-0.05, 0) is 75.3 Å². The molecule has 1 saturated heterocycles. The van der Waals surface area contributed by atoms with E-state index in [1.165, 1.54) is 18.9 Å². The van der Waals surface area contributed by atoms with Gasteiger partial charge in [-0.25, -0.2) is 9.59 Å². The summed E-state index contributed by atoms with van der Waals surface area (Å²) in [6, 6.07) is 5.80. The van der Waals surface area contributed by atoms with Crippen molar-refractivity contribution < 1.29 is 19.8 Å². The summed E-state index contributed by atoms with van der Waals surface area (Å²) in [4.78, 5) is 25.0. The monoisotopic (exact) mass is 317 g/mol. The maximum absolute atomic E-state index is 11.2. The highest BCUT2D eigenvalue weighted by Crippen LogP contribution is 2.35. The maximum Gasteiger partial charge on any atom is 0.335 e. The minimum absolute atomic E-state index is 0.0587. The number of aromatic carboxylic acids is 2. The zero-order valence-electron chi connectivity index (χ0n) is 13.4. The number of likely N-dealkylation sites (tertiary alicyclic amines) is 1. The standard InChI is InChI=1S/C18H23NO4/c1-11-6-12(4-5-19(11)16-2-3-16)7-13-8-14(17(20)21)10-15(9-13)18(22)23/h8-12,16H,2-7H2,1H3,(H,20,21)(H,22,23). The van der Waals surface area contributed by atoms with E-state index in [1.807, 2.05) is 0 Å². The molecule has 3 rings (SSSR count). The third-order valence-electron chi connectivity index (χ3n) is 5.06. The number of hydrogen-bond donors (Lipinski definition) is 2. The van der Waals surface area contributed by atoms with Crippen molar-refractivity contribution in [2.75, 3.05) is 6.54 Å². The van der Waals surface area contributed by atoms with Crippen molar-refractivity contribution in [1.82, 2.24) is 4.90 Å². The maximum atomic E-state index is 11.2. The van der Waals surface area contributed by atoms with Crippen LogP contribution in [-0.2, 0) is 6.42 Å². The van der Waals surface area contributed by atoms with Crippen molar-refractivity contribution in [1.29, 1.82) is 0 Å². The van der Waals surface area contributed by atoms with E-state index in [-0.39, 0.29) is 11.1 Å². The van der Waals surface area contributed by atoms with Gasteiger partial charge in [-0.1, -0.05) is 0 Å². The van der Waals surface area contributed by atoms with Crippen LogP contribution >= 0.6 is 0 Å². The Morgan fingerprint density at radius 3 is 2.17 bits per heavy atom. The fourth-order valence-electron chi connectivity index (χ4n) is 3.81. The SMILES string of the molecule is CC1CC(Cc2cc(C(=O)O)cc(C(=O)O)c2)CCN1C1CC1. The molecule has 1 heterocycles. The highest BCUT2D eigenvalue weighted by molar-refractivity contribution is 5.94. The molecule has 0 aromatic heterocycles. The van der Waals surface area contributed by atoms with E-state index in [2.05, 4.69) is 11.8 Å². The lowest BCUT2D eigenvalue weighted by Crippen LogP contribution is -2.42. The molecule has 1 aliphatic heterocycles. The van der Waals surface area contributed by atoms with Gasteiger partial charge in [-0.2, -0.15) is 0 Å². The van der Waals surface area contributed by atoms with Crippen LogP contribution in [0.2, 0.25) is 0 Å². The predicted octanol–water partition coefficient (Wildman–Crippen LogP) is 2.89. The van der Waals surface area contributed by atoms with Gasteiger partial charge in [0.1, 0.15) is 0 Å². The number of piperidine rings is 1. The number of hydrogen-bond acceptors (Lipinski definition) is 3. The summed E-state index contributed by atoms with van der Waals surface area (Å²) >= 11 is 0. The molecule has 2 fully saturated rings. The van der Waals surface area contributed by atoms with Gasteiger partial charge < -0.3 is 10.2 Å². The minimum atomic E-state index is -1.08. The normalized spacial score (nSPS) is 25.3. The molecule has 5 nitrogen and oxygen atoms in total. The Labute approximate surface area is 135 Å². The number of carbonyl (C=O) groups is 2. The van der Waals surface area contributed by atoms with Crippen LogP contribution in [-0.4, -0.2) is 45.7 Å². The van der Waals surface area contributed by atoms with Gasteiger partial charge in [0, 0.05) is 12.1 Å². The fourth-order valence-corrected chi connectivity index (χ4v) is 3.81. The lowest BCUT2D eigenvalue weighted by atomic mass is 9.85. The molecule has 1 aromatic rings. The summed E-state index contributed by atoms with van der Waals surface area (Å²) in [5, 5.41) is 18.3. The van der Waals surface area contributed by atoms with E-state index < -0.39 is 11.9 Å². The summed E-state index contributed by atoms with van der Waals surface area (Å²) in [6.07, 6.45) is 5.58. The van der Waals surface area contributed by atoms with Gasteiger partial charge in [0.2, 0.25) is 0 Å². The van der Waals surface area contributed by atoms with Crippen LogP contribution in [0.1, 0.15) is 58.9 Å². The molecule has 1 saturated carbocycles. The van der Waals surface area contributed by atoms with Gasteiger partial charge in [0.15, 0.2) is 0 Å². The fraction of sp³-hybridized carbons (Fsp3) is 0.556. The van der Waals surface area contributed by atoms with Crippen LogP contribution < -0.4 is 0 Å². The first-order chi connectivity index (χ1) is 10.9. The first kappa shape index (κ1) is 16.0. The molecule has 5 heteroatoms. The van der Waals surface area contributed by atoms with Crippen LogP contribution in [0.4, 0.5) is 0 Å². The lowest BCUT2D eigenvalue weighted by molar-refractivity contribution is 0.0696. The van der Waals surface area contributed by atoms with Gasteiger partial charge >= 0.3 is 11.9 Å². The van der Waals surface area contributed by atoms with Crippen molar-refractivity contribution in [2.45, 2.75) is 51.1 Å². The Morgan fingerprint density at radius 2 is 1.70 bits per heavy atom. The molecule has 2 aliphatic rings. The van der Waals surface area contributed by atoms with E-state index >= 15 is 0 Å². The number of carboxylic acid groups (broad SMARTS) is 2. The Morgan fingerprint density at radius 1 is 1.09 bits per heavy atom. The highest BCUT2D eigenvalue weighted by atomic mass is 16.4. The van der Waals surface area contributed by atoms with E-state index in [9.17, 15) is 9.59 Å². The van der Waals surface area contributed by atoms with Crippen LogP contribution in [0.15, 0.2) is 18.2 Å². The van der Waals surface area contributed by atoms with Gasteiger partial charge in [0.25, 0.3) is 0 Å². The molecule has 0 amide bonds. The molecule has 0 spiro atoms. The number of benzene rings is 1. The Balaban J connectivity index is 1.72. The molecule has 1 aliphatic carbocycles. The highest BCUT2D eigenvalue weighted by Gasteiger charge is 2.35. The van der Waals surface area contributed by atoms with Crippen LogP contribution in [0.3, 0.4) is 0 Å². The van der Waals surface area contributed by atoms with Crippen molar-refractivity contribution in [3.8, 4) is 0 Å².